The van der Waals surface area contributed by atoms with E-state index in [1.165, 1.54) is 14.3 Å². The molecule has 1 unspecified atom stereocenters. The second-order valence-electron chi connectivity index (χ2n) is 3.90. The van der Waals surface area contributed by atoms with Gasteiger partial charge in [-0.1, -0.05) is 0 Å². The number of hydrogen-bond donors (Lipinski definition) is 2. The van der Waals surface area contributed by atoms with E-state index in [1.54, 1.807) is 22.7 Å². The van der Waals surface area contributed by atoms with Gasteiger partial charge in [0.25, 0.3) is 0 Å². The first-order chi connectivity index (χ1) is 7.70. The van der Waals surface area contributed by atoms with Gasteiger partial charge < -0.3 is 4.74 Å². The summed E-state index contributed by atoms with van der Waals surface area (Å²) in [6.45, 7) is 4.67. The van der Waals surface area contributed by atoms with E-state index in [-0.39, 0.29) is 12.1 Å². The van der Waals surface area contributed by atoms with Crippen LogP contribution in [0, 0.1) is 0 Å². The highest BCUT2D eigenvalue weighted by atomic mass is 32.1. The van der Waals surface area contributed by atoms with Crippen LogP contribution in [0.15, 0.2) is 17.5 Å². The molecule has 0 aliphatic heterocycles. The smallest absolute Gasteiger partial charge is 0.0787 e. The maximum atomic E-state index is 5.59. The normalized spacial score (nSPS) is 13.8. The number of nitrogens with one attached hydrogen (secondary N) is 1. The molecule has 3 N–H and O–H groups in total. The van der Waals surface area contributed by atoms with E-state index in [0.29, 0.717) is 6.61 Å². The van der Waals surface area contributed by atoms with Gasteiger partial charge in [0.1, 0.15) is 0 Å². The van der Waals surface area contributed by atoms with E-state index in [0.717, 1.165) is 0 Å². The van der Waals surface area contributed by atoms with Crippen LogP contribution in [0.2, 0.25) is 0 Å². The number of fused-ring (bicyclic) bond motifs is 1. The van der Waals surface area contributed by atoms with Crippen molar-refractivity contribution in [3.05, 3.63) is 22.4 Å². The molecular weight excluding hydrogens is 240 g/mol. The second-order valence-corrected chi connectivity index (χ2v) is 5.96. The number of hydrogen-bond acceptors (Lipinski definition) is 5. The van der Waals surface area contributed by atoms with Gasteiger partial charge in [0.05, 0.1) is 18.8 Å². The van der Waals surface area contributed by atoms with Crippen molar-refractivity contribution in [3.8, 4) is 0 Å². The molecule has 3 nitrogen and oxygen atoms in total. The van der Waals surface area contributed by atoms with Crippen LogP contribution in [0.5, 0.6) is 0 Å². The predicted octanol–water partition coefficient (Wildman–Crippen LogP) is 2.89. The van der Waals surface area contributed by atoms with Crippen LogP contribution in [0.1, 0.15) is 24.8 Å². The molecule has 0 saturated carbocycles. The van der Waals surface area contributed by atoms with Crippen molar-refractivity contribution in [2.24, 2.45) is 5.84 Å². The SMILES string of the molecule is CC(C)OCC(NN)c1cc2sccc2s1. The summed E-state index contributed by atoms with van der Waals surface area (Å²) in [5.41, 5.74) is 2.81. The Labute approximate surface area is 103 Å². The van der Waals surface area contributed by atoms with Gasteiger partial charge in [-0.05, 0) is 31.4 Å². The number of thiophene rings is 2. The van der Waals surface area contributed by atoms with Gasteiger partial charge >= 0.3 is 0 Å². The lowest BCUT2D eigenvalue weighted by molar-refractivity contribution is 0.0618. The first-order valence-corrected chi connectivity index (χ1v) is 6.95. The van der Waals surface area contributed by atoms with E-state index < -0.39 is 0 Å². The third kappa shape index (κ3) is 2.61. The number of ether oxygens (including phenoxy) is 1. The zero-order valence-corrected chi connectivity index (χ0v) is 11.0. The van der Waals surface area contributed by atoms with Crippen molar-refractivity contribution in [2.75, 3.05) is 6.61 Å². The Kier molecular flexibility index (Phi) is 3.94. The number of rotatable bonds is 5. The molecule has 0 saturated heterocycles. The summed E-state index contributed by atoms with van der Waals surface area (Å²) in [6, 6.07) is 4.43. The fourth-order valence-corrected chi connectivity index (χ4v) is 3.62. The zero-order valence-electron chi connectivity index (χ0n) is 9.40. The minimum absolute atomic E-state index is 0.0898. The predicted molar refractivity (Wildman–Crippen MR) is 70.9 cm³/mol. The Balaban J connectivity index is 2.11. The molecule has 0 radical (unpaired) electrons. The molecule has 0 aliphatic rings. The monoisotopic (exact) mass is 256 g/mol. The van der Waals surface area contributed by atoms with E-state index in [1.807, 2.05) is 13.8 Å². The molecule has 0 amide bonds. The van der Waals surface area contributed by atoms with Crippen LogP contribution < -0.4 is 11.3 Å². The van der Waals surface area contributed by atoms with Crippen molar-refractivity contribution in [3.63, 3.8) is 0 Å². The van der Waals surface area contributed by atoms with Gasteiger partial charge in [0.2, 0.25) is 0 Å². The molecule has 0 spiro atoms. The van der Waals surface area contributed by atoms with E-state index in [2.05, 4.69) is 22.9 Å². The summed E-state index contributed by atoms with van der Waals surface area (Å²) in [6.07, 6.45) is 0.233. The molecule has 88 valence electrons. The molecule has 5 heteroatoms. The van der Waals surface area contributed by atoms with Gasteiger partial charge in [0, 0.05) is 14.3 Å². The fourth-order valence-electron chi connectivity index (χ4n) is 1.46. The molecule has 16 heavy (non-hydrogen) atoms. The molecule has 0 aliphatic carbocycles. The van der Waals surface area contributed by atoms with Crippen LogP contribution in [-0.2, 0) is 4.74 Å². The van der Waals surface area contributed by atoms with Crippen LogP contribution >= 0.6 is 22.7 Å². The lowest BCUT2D eigenvalue weighted by Gasteiger charge is -2.16. The molecule has 2 heterocycles. The van der Waals surface area contributed by atoms with Crippen molar-refractivity contribution in [1.82, 2.24) is 5.43 Å². The Hall–Kier alpha value is -0.460. The highest BCUT2D eigenvalue weighted by Gasteiger charge is 2.14. The lowest BCUT2D eigenvalue weighted by atomic mass is 10.2. The Morgan fingerprint density at radius 3 is 2.88 bits per heavy atom. The van der Waals surface area contributed by atoms with Crippen molar-refractivity contribution in [2.45, 2.75) is 26.0 Å². The summed E-state index contributed by atoms with van der Waals surface area (Å²) < 4.78 is 8.24. The van der Waals surface area contributed by atoms with Crippen molar-refractivity contribution < 1.29 is 4.74 Å². The van der Waals surface area contributed by atoms with Gasteiger partial charge in [-0.3, -0.25) is 5.84 Å². The van der Waals surface area contributed by atoms with E-state index in [9.17, 15) is 0 Å². The standard InChI is InChI=1S/C11H16N2OS2/c1-7(2)14-6-8(13-12)10-5-11-9(16-10)3-4-15-11/h3-5,7-8,13H,6,12H2,1-2H3. The number of hydrazine groups is 1. The van der Waals surface area contributed by atoms with Crippen molar-refractivity contribution in [1.29, 1.82) is 0 Å². The van der Waals surface area contributed by atoms with Crippen LogP contribution in [0.3, 0.4) is 0 Å². The van der Waals surface area contributed by atoms with Gasteiger partial charge in [-0.15, -0.1) is 22.7 Å². The average Bonchev–Trinajstić information content (AvgIpc) is 2.78. The van der Waals surface area contributed by atoms with Gasteiger partial charge in [-0.25, -0.2) is 5.43 Å². The van der Waals surface area contributed by atoms with Crippen LogP contribution in [0.4, 0.5) is 0 Å². The maximum absolute atomic E-state index is 5.59. The number of nitrogens with two attached hydrogens (primary N) is 1. The molecular formula is C11H16N2OS2. The van der Waals surface area contributed by atoms with Gasteiger partial charge in [-0.2, -0.15) is 0 Å². The Morgan fingerprint density at radius 2 is 2.25 bits per heavy atom. The largest absolute Gasteiger partial charge is 0.377 e. The Morgan fingerprint density at radius 1 is 1.44 bits per heavy atom. The molecule has 0 fully saturated rings. The minimum atomic E-state index is 0.0898. The second kappa shape index (κ2) is 5.25. The summed E-state index contributed by atoms with van der Waals surface area (Å²) in [5.74, 6) is 5.56. The quantitative estimate of drug-likeness (QED) is 0.639. The van der Waals surface area contributed by atoms with Gasteiger partial charge in [0.15, 0.2) is 0 Å². The Bertz CT molecular complexity index is 421. The summed E-state index contributed by atoms with van der Waals surface area (Å²) in [5, 5.41) is 2.11. The fraction of sp³-hybridized carbons (Fsp3) is 0.455. The van der Waals surface area contributed by atoms with E-state index >= 15 is 0 Å². The highest BCUT2D eigenvalue weighted by Crippen LogP contribution is 2.33. The maximum Gasteiger partial charge on any atom is 0.0787 e. The molecule has 2 aromatic heterocycles. The molecule has 2 rings (SSSR count). The summed E-state index contributed by atoms with van der Waals surface area (Å²) in [7, 11) is 0. The molecule has 2 aromatic rings. The average molecular weight is 256 g/mol. The lowest BCUT2D eigenvalue weighted by Crippen LogP contribution is -2.31. The topological polar surface area (TPSA) is 47.3 Å². The zero-order chi connectivity index (χ0) is 11.5. The third-order valence-corrected chi connectivity index (χ3v) is 4.51. The molecule has 1 atom stereocenters. The molecule has 0 aromatic carbocycles. The van der Waals surface area contributed by atoms with E-state index in [4.69, 9.17) is 10.6 Å². The first-order valence-electron chi connectivity index (χ1n) is 5.25. The minimum Gasteiger partial charge on any atom is -0.377 e. The highest BCUT2D eigenvalue weighted by molar-refractivity contribution is 7.26. The van der Waals surface area contributed by atoms with Crippen molar-refractivity contribution >= 4 is 32.1 Å². The first kappa shape index (κ1) is 12.0. The summed E-state index contributed by atoms with van der Waals surface area (Å²) >= 11 is 3.54. The van der Waals surface area contributed by atoms with Crippen LogP contribution in [-0.4, -0.2) is 12.7 Å². The third-order valence-electron chi connectivity index (χ3n) is 2.30. The molecule has 0 bridgehead atoms. The summed E-state index contributed by atoms with van der Waals surface area (Å²) in [4.78, 5) is 1.24. The van der Waals surface area contributed by atoms with Crippen LogP contribution in [0.25, 0.3) is 9.40 Å².